The van der Waals surface area contributed by atoms with E-state index < -0.39 is 21.7 Å². The van der Waals surface area contributed by atoms with Crippen molar-refractivity contribution >= 4 is 50.5 Å². The van der Waals surface area contributed by atoms with Crippen molar-refractivity contribution in [2.45, 2.75) is 19.3 Å². The SMILES string of the molecule is CC(CS(=O)(=O)NC1=CCN(c2ccc(C(=O)N(C)CCc3cccnc3)cc2F)C1=O)c1ccc(Cl)s1. The number of nitrogens with one attached hydrogen (secondary N) is 1. The Labute approximate surface area is 229 Å². The molecule has 0 spiro atoms. The Morgan fingerprint density at radius 1 is 1.29 bits per heavy atom. The number of amides is 2. The zero-order valence-corrected chi connectivity index (χ0v) is 23.1. The van der Waals surface area contributed by atoms with E-state index >= 15 is 4.39 Å². The van der Waals surface area contributed by atoms with E-state index in [1.54, 1.807) is 38.5 Å². The molecule has 1 atom stereocenters. The summed E-state index contributed by atoms with van der Waals surface area (Å²) in [5.74, 6) is -2.37. The number of benzene rings is 1. The summed E-state index contributed by atoms with van der Waals surface area (Å²) in [4.78, 5) is 33.2. The minimum absolute atomic E-state index is 0.0119. The number of carbonyl (C=O) groups excluding carboxylic acids is 2. The Bertz CT molecular complexity index is 1480. The van der Waals surface area contributed by atoms with E-state index in [9.17, 15) is 18.0 Å². The molecule has 1 N–H and O–H groups in total. The second kappa shape index (κ2) is 11.6. The summed E-state index contributed by atoms with van der Waals surface area (Å²) in [5.41, 5.74) is 0.932. The first-order chi connectivity index (χ1) is 18.0. The smallest absolute Gasteiger partial charge is 0.275 e. The average Bonchev–Trinajstić information content (AvgIpc) is 3.47. The van der Waals surface area contributed by atoms with Gasteiger partial charge in [-0.25, -0.2) is 12.8 Å². The van der Waals surface area contributed by atoms with Crippen LogP contribution in [0, 0.1) is 5.82 Å². The maximum atomic E-state index is 15.0. The van der Waals surface area contributed by atoms with E-state index in [0.717, 1.165) is 21.4 Å². The highest BCUT2D eigenvalue weighted by Gasteiger charge is 2.31. The van der Waals surface area contributed by atoms with E-state index in [4.69, 9.17) is 11.6 Å². The lowest BCUT2D eigenvalue weighted by Crippen LogP contribution is -2.35. The number of carbonyl (C=O) groups is 2. The van der Waals surface area contributed by atoms with Gasteiger partial charge >= 0.3 is 0 Å². The molecule has 0 saturated heterocycles. The van der Waals surface area contributed by atoms with Crippen molar-refractivity contribution in [1.29, 1.82) is 0 Å². The first kappa shape index (κ1) is 27.7. The van der Waals surface area contributed by atoms with Crippen LogP contribution in [0.15, 0.2) is 66.6 Å². The molecule has 12 heteroatoms. The summed E-state index contributed by atoms with van der Waals surface area (Å²) in [5, 5.41) is 0. The van der Waals surface area contributed by atoms with Crippen LogP contribution in [-0.2, 0) is 21.2 Å². The van der Waals surface area contributed by atoms with Gasteiger partial charge in [0, 0.05) is 48.9 Å². The van der Waals surface area contributed by atoms with Gasteiger partial charge in [0.15, 0.2) is 0 Å². The second-order valence-corrected chi connectivity index (χ2v) is 12.5. The van der Waals surface area contributed by atoms with Gasteiger partial charge in [0.25, 0.3) is 11.8 Å². The Kier molecular flexibility index (Phi) is 8.49. The summed E-state index contributed by atoms with van der Waals surface area (Å²) in [7, 11) is -2.23. The number of rotatable bonds is 10. The Balaban J connectivity index is 1.37. The van der Waals surface area contributed by atoms with Gasteiger partial charge < -0.3 is 9.80 Å². The number of pyridine rings is 1. The fourth-order valence-corrected chi connectivity index (χ4v) is 6.67. The molecule has 0 radical (unpaired) electrons. The van der Waals surface area contributed by atoms with Crippen molar-refractivity contribution in [3.05, 3.63) is 92.8 Å². The molecule has 2 aromatic heterocycles. The van der Waals surface area contributed by atoms with Gasteiger partial charge in [0.05, 0.1) is 15.8 Å². The van der Waals surface area contributed by atoms with Crippen LogP contribution >= 0.6 is 22.9 Å². The highest BCUT2D eigenvalue weighted by atomic mass is 35.5. The first-order valence-corrected chi connectivity index (χ1v) is 14.6. The molecule has 8 nitrogen and oxygen atoms in total. The molecule has 1 aliphatic rings. The topological polar surface area (TPSA) is 99.7 Å². The zero-order valence-electron chi connectivity index (χ0n) is 20.7. The van der Waals surface area contributed by atoms with Crippen LogP contribution in [0.1, 0.15) is 33.6 Å². The van der Waals surface area contributed by atoms with Crippen molar-refractivity contribution in [2.24, 2.45) is 0 Å². The molecule has 1 unspecified atom stereocenters. The monoisotopic (exact) mass is 576 g/mol. The fourth-order valence-electron chi connectivity index (χ4n) is 4.03. The third kappa shape index (κ3) is 6.58. The summed E-state index contributed by atoms with van der Waals surface area (Å²) in [6, 6.07) is 11.1. The van der Waals surface area contributed by atoms with Crippen LogP contribution in [0.4, 0.5) is 10.1 Å². The lowest BCUT2D eigenvalue weighted by Gasteiger charge is -2.20. The van der Waals surface area contributed by atoms with Gasteiger partial charge in [0.2, 0.25) is 10.0 Å². The van der Waals surface area contributed by atoms with E-state index in [1.165, 1.54) is 34.4 Å². The van der Waals surface area contributed by atoms with Gasteiger partial charge in [-0.2, -0.15) is 0 Å². The lowest BCUT2D eigenvalue weighted by atomic mass is 10.1. The van der Waals surface area contributed by atoms with Crippen molar-refractivity contribution in [3.63, 3.8) is 0 Å². The number of nitrogens with zero attached hydrogens (tertiary/aromatic N) is 3. The molecule has 0 bridgehead atoms. The van der Waals surface area contributed by atoms with Gasteiger partial charge in [-0.05, 0) is 54.5 Å². The molecule has 1 aromatic carbocycles. The van der Waals surface area contributed by atoms with Crippen LogP contribution in [0.25, 0.3) is 0 Å². The summed E-state index contributed by atoms with van der Waals surface area (Å²) in [6.45, 7) is 2.17. The fraction of sp³-hybridized carbons (Fsp3) is 0.269. The molecule has 200 valence electrons. The third-order valence-electron chi connectivity index (χ3n) is 6.06. The predicted molar refractivity (Wildman–Crippen MR) is 146 cm³/mol. The minimum atomic E-state index is -3.85. The first-order valence-electron chi connectivity index (χ1n) is 11.8. The molecule has 4 rings (SSSR count). The quantitative estimate of drug-likeness (QED) is 0.390. The molecule has 0 saturated carbocycles. The van der Waals surface area contributed by atoms with Crippen molar-refractivity contribution in [2.75, 3.05) is 30.8 Å². The average molecular weight is 577 g/mol. The maximum absolute atomic E-state index is 15.0. The van der Waals surface area contributed by atoms with Crippen molar-refractivity contribution < 1.29 is 22.4 Å². The standard InChI is InChI=1S/C26H26ClFN4O4S2/c1-17(23-7-8-24(27)37-23)16-38(35,36)30-21-10-13-32(26(21)34)22-6-5-19(14-20(22)28)25(33)31(2)12-9-18-4-3-11-29-15-18/h3-8,10-11,14-15,17,30H,9,12-13,16H2,1-2H3. The van der Waals surface area contributed by atoms with E-state index in [-0.39, 0.29) is 41.1 Å². The number of likely N-dealkylation sites (N-methyl/N-ethyl adjacent to an activating group) is 1. The second-order valence-electron chi connectivity index (χ2n) is 8.96. The Morgan fingerprint density at radius 3 is 2.74 bits per heavy atom. The van der Waals surface area contributed by atoms with Crippen LogP contribution in [0.2, 0.25) is 4.34 Å². The van der Waals surface area contributed by atoms with Gasteiger partial charge in [-0.1, -0.05) is 24.6 Å². The number of aromatic nitrogens is 1. The summed E-state index contributed by atoms with van der Waals surface area (Å²) >= 11 is 7.24. The highest BCUT2D eigenvalue weighted by molar-refractivity contribution is 7.89. The number of thiophene rings is 1. The minimum Gasteiger partial charge on any atom is -0.341 e. The van der Waals surface area contributed by atoms with Crippen molar-refractivity contribution in [1.82, 2.24) is 14.6 Å². The molecule has 2 amide bonds. The molecule has 0 aliphatic carbocycles. The third-order valence-corrected chi connectivity index (χ3v) is 8.99. The molecule has 38 heavy (non-hydrogen) atoms. The predicted octanol–water partition coefficient (Wildman–Crippen LogP) is 4.20. The number of sulfonamides is 1. The number of anilines is 1. The van der Waals surface area contributed by atoms with Gasteiger partial charge in [-0.3, -0.25) is 19.3 Å². The van der Waals surface area contributed by atoms with E-state index in [1.807, 2.05) is 12.1 Å². The van der Waals surface area contributed by atoms with E-state index in [0.29, 0.717) is 17.3 Å². The molecule has 1 aliphatic heterocycles. The number of hydrogen-bond acceptors (Lipinski definition) is 6. The van der Waals surface area contributed by atoms with Crippen LogP contribution in [0.3, 0.4) is 0 Å². The van der Waals surface area contributed by atoms with Gasteiger partial charge in [0.1, 0.15) is 11.5 Å². The normalized spacial score (nSPS) is 14.4. The highest BCUT2D eigenvalue weighted by Crippen LogP contribution is 2.29. The summed E-state index contributed by atoms with van der Waals surface area (Å²) in [6.07, 6.45) is 5.40. The molecule has 3 heterocycles. The molecule has 0 fully saturated rings. The van der Waals surface area contributed by atoms with Crippen LogP contribution < -0.4 is 9.62 Å². The maximum Gasteiger partial charge on any atom is 0.275 e. The summed E-state index contributed by atoms with van der Waals surface area (Å²) < 4.78 is 43.3. The van der Waals surface area contributed by atoms with Crippen LogP contribution in [0.5, 0.6) is 0 Å². The molecular formula is C26H26ClFN4O4S2. The largest absolute Gasteiger partial charge is 0.341 e. The Hall–Kier alpha value is -3.28. The lowest BCUT2D eigenvalue weighted by molar-refractivity contribution is -0.114. The zero-order chi connectivity index (χ0) is 27.4. The molecular weight excluding hydrogens is 551 g/mol. The number of hydrogen-bond donors (Lipinski definition) is 1. The van der Waals surface area contributed by atoms with E-state index in [2.05, 4.69) is 9.71 Å². The van der Waals surface area contributed by atoms with Crippen LogP contribution in [-0.4, -0.2) is 56.0 Å². The number of halogens is 2. The molecule has 3 aromatic rings. The Morgan fingerprint density at radius 2 is 2.08 bits per heavy atom. The van der Waals surface area contributed by atoms with Gasteiger partial charge in [-0.15, -0.1) is 11.3 Å². The van der Waals surface area contributed by atoms with Crippen molar-refractivity contribution in [3.8, 4) is 0 Å².